The topological polar surface area (TPSA) is 40.6 Å². The Balaban J connectivity index is 0.00000280. The Morgan fingerprint density at radius 1 is 1.14 bits per heavy atom. The molecule has 0 saturated carbocycles. The Labute approximate surface area is 170 Å². The van der Waals surface area contributed by atoms with Crippen molar-refractivity contribution in [1.29, 1.82) is 0 Å². The lowest BCUT2D eigenvalue weighted by Crippen LogP contribution is -2.44. The van der Waals surface area contributed by atoms with Gasteiger partial charge in [-0.05, 0) is 57.0 Å². The van der Waals surface area contributed by atoms with E-state index in [2.05, 4.69) is 0 Å². The number of hydrogen-bond donors (Lipinski definition) is 0. The van der Waals surface area contributed by atoms with Gasteiger partial charge in [0.05, 0.1) is 10.8 Å². The van der Waals surface area contributed by atoms with Crippen LogP contribution in [0.5, 0.6) is 0 Å². The van der Waals surface area contributed by atoms with Crippen molar-refractivity contribution in [2.75, 3.05) is 20.1 Å². The molecule has 1 aromatic carbocycles. The zero-order valence-electron chi connectivity index (χ0n) is 15.9. The highest BCUT2D eigenvalue weighted by Gasteiger charge is 2.42. The molecule has 4 nitrogen and oxygen atoms in total. The van der Waals surface area contributed by atoms with Crippen molar-refractivity contribution in [3.63, 3.8) is 0 Å². The lowest BCUT2D eigenvalue weighted by atomic mass is 9.95. The van der Waals surface area contributed by atoms with E-state index in [-0.39, 0.29) is 42.2 Å². The molecule has 0 aromatic heterocycles. The Kier molecular flexibility index (Phi) is 7.23. The molecule has 1 aliphatic carbocycles. The summed E-state index contributed by atoms with van der Waals surface area (Å²) in [5.41, 5.74) is 0.872. The van der Waals surface area contributed by atoms with Gasteiger partial charge in [-0.2, -0.15) is 17.5 Å². The molecule has 1 saturated heterocycles. The molecule has 158 valence electrons. The van der Waals surface area contributed by atoms with E-state index in [1.165, 1.54) is 4.31 Å². The summed E-state index contributed by atoms with van der Waals surface area (Å²) in [6.07, 6.45) is 0.445. The smallest absolute Gasteiger partial charge is 0.297 e. The molecular weight excluding hydrogens is 413 g/mol. The Hall–Kier alpha value is -1.09. The molecule has 3 rings (SSSR count). The first-order valence-electron chi connectivity index (χ1n) is 9.13. The predicted molar refractivity (Wildman–Crippen MR) is 105 cm³/mol. The molecule has 1 aromatic rings. The summed E-state index contributed by atoms with van der Waals surface area (Å²) in [6.45, 7) is 2.62. The van der Waals surface area contributed by atoms with Crippen molar-refractivity contribution in [2.45, 2.75) is 49.3 Å². The number of aryl methyl sites for hydroxylation is 1. The molecule has 1 aliphatic heterocycles. The first-order valence-corrected chi connectivity index (χ1v) is 10.6. The molecule has 0 bridgehead atoms. The Bertz CT molecular complexity index is 806. The maximum absolute atomic E-state index is 12.9. The second-order valence-corrected chi connectivity index (χ2v) is 9.44. The van der Waals surface area contributed by atoms with Gasteiger partial charge in [0.2, 0.25) is 10.0 Å². The number of nitrogens with zero attached hydrogens (tertiary/aromatic N) is 2. The van der Waals surface area contributed by atoms with E-state index in [0.29, 0.717) is 19.5 Å². The number of likely N-dealkylation sites (tertiary alicyclic amines) is 1. The van der Waals surface area contributed by atoms with Gasteiger partial charge in [-0.25, -0.2) is 8.42 Å². The van der Waals surface area contributed by atoms with Gasteiger partial charge in [0.1, 0.15) is 0 Å². The summed E-state index contributed by atoms with van der Waals surface area (Å²) >= 11 is 0. The SMILES string of the molecule is Cc1cccc(S(=O)(=O)N(C)[C@@H]2C=C[C@H](N3CCC(C(F)(F)F)CC3)C2)c1.Cl. The van der Waals surface area contributed by atoms with Crippen LogP contribution in [0.15, 0.2) is 41.3 Å². The third-order valence-electron chi connectivity index (χ3n) is 5.63. The van der Waals surface area contributed by atoms with E-state index in [0.717, 1.165) is 5.56 Å². The van der Waals surface area contributed by atoms with E-state index in [1.54, 1.807) is 25.2 Å². The molecule has 28 heavy (non-hydrogen) atoms. The number of alkyl halides is 3. The van der Waals surface area contributed by atoms with E-state index in [4.69, 9.17) is 0 Å². The van der Waals surface area contributed by atoms with Crippen molar-refractivity contribution in [3.8, 4) is 0 Å². The molecule has 0 spiro atoms. The molecule has 0 unspecified atom stereocenters. The third-order valence-corrected chi connectivity index (χ3v) is 7.51. The van der Waals surface area contributed by atoms with Crippen LogP contribution in [-0.2, 0) is 10.0 Å². The number of sulfonamides is 1. The maximum atomic E-state index is 12.9. The molecule has 2 atom stereocenters. The van der Waals surface area contributed by atoms with E-state index >= 15 is 0 Å². The monoisotopic (exact) mass is 438 g/mol. The predicted octanol–water partition coefficient (Wildman–Crippen LogP) is 4.01. The van der Waals surface area contributed by atoms with Crippen LogP contribution >= 0.6 is 12.4 Å². The van der Waals surface area contributed by atoms with Crippen LogP contribution in [0.25, 0.3) is 0 Å². The van der Waals surface area contributed by atoms with Gasteiger partial charge in [-0.3, -0.25) is 4.90 Å². The minimum absolute atomic E-state index is 0. The highest BCUT2D eigenvalue weighted by molar-refractivity contribution is 7.89. The van der Waals surface area contributed by atoms with Crippen LogP contribution in [0.2, 0.25) is 0 Å². The molecule has 9 heteroatoms. The van der Waals surface area contributed by atoms with E-state index in [1.807, 2.05) is 30.0 Å². The molecule has 0 radical (unpaired) electrons. The van der Waals surface area contributed by atoms with Crippen LogP contribution in [-0.4, -0.2) is 56.0 Å². The number of piperidine rings is 1. The Morgan fingerprint density at radius 2 is 1.79 bits per heavy atom. The van der Waals surface area contributed by atoms with Crippen LogP contribution in [0, 0.1) is 12.8 Å². The number of hydrogen-bond acceptors (Lipinski definition) is 3. The molecule has 0 amide bonds. The fraction of sp³-hybridized carbons (Fsp3) is 0.579. The number of likely N-dealkylation sites (N-methyl/N-ethyl adjacent to an activating group) is 1. The Morgan fingerprint density at radius 3 is 2.36 bits per heavy atom. The molecule has 1 heterocycles. The van der Waals surface area contributed by atoms with Crippen molar-refractivity contribution in [3.05, 3.63) is 42.0 Å². The van der Waals surface area contributed by atoms with Crippen molar-refractivity contribution in [2.24, 2.45) is 5.92 Å². The van der Waals surface area contributed by atoms with Gasteiger partial charge >= 0.3 is 6.18 Å². The van der Waals surface area contributed by atoms with Crippen LogP contribution in [0.1, 0.15) is 24.8 Å². The van der Waals surface area contributed by atoms with Crippen molar-refractivity contribution in [1.82, 2.24) is 9.21 Å². The normalized spacial score (nSPS) is 24.5. The standard InChI is InChI=1S/C19H25F3N2O2S.ClH/c1-14-4-3-5-18(12-14)27(25,26)23(2)16-6-7-17(13-16)24-10-8-15(9-11-24)19(20,21)22;/h3-7,12,15-17H,8-11,13H2,1-2H3;1H/t16-,17+;/m1./s1. The zero-order chi connectivity index (χ0) is 19.8. The van der Waals surface area contributed by atoms with Crippen molar-refractivity contribution >= 4 is 22.4 Å². The number of halogens is 4. The number of benzene rings is 1. The highest BCUT2D eigenvalue weighted by atomic mass is 35.5. The molecule has 1 fully saturated rings. The van der Waals surface area contributed by atoms with Gasteiger partial charge in [0.15, 0.2) is 0 Å². The quantitative estimate of drug-likeness (QED) is 0.667. The number of rotatable bonds is 4. The summed E-state index contributed by atoms with van der Waals surface area (Å²) in [5.74, 6) is -1.22. The summed E-state index contributed by atoms with van der Waals surface area (Å²) < 4.78 is 65.6. The minimum atomic E-state index is -4.12. The van der Waals surface area contributed by atoms with Gasteiger partial charge in [-0.15, -0.1) is 12.4 Å². The molecule has 0 N–H and O–H groups in total. The maximum Gasteiger partial charge on any atom is 0.391 e. The largest absolute Gasteiger partial charge is 0.391 e. The van der Waals surface area contributed by atoms with E-state index < -0.39 is 22.1 Å². The zero-order valence-corrected chi connectivity index (χ0v) is 17.5. The lowest BCUT2D eigenvalue weighted by Gasteiger charge is -2.36. The highest BCUT2D eigenvalue weighted by Crippen LogP contribution is 2.36. The third kappa shape index (κ3) is 4.90. The van der Waals surface area contributed by atoms with Gasteiger partial charge in [0, 0.05) is 19.1 Å². The average molecular weight is 439 g/mol. The molecular formula is C19H26ClF3N2O2S. The summed E-state index contributed by atoms with van der Waals surface area (Å²) in [7, 11) is -2.05. The summed E-state index contributed by atoms with van der Waals surface area (Å²) in [4.78, 5) is 2.29. The van der Waals surface area contributed by atoms with Crippen LogP contribution in [0.3, 0.4) is 0 Å². The first-order chi connectivity index (χ1) is 12.6. The lowest BCUT2D eigenvalue weighted by molar-refractivity contribution is -0.185. The summed E-state index contributed by atoms with van der Waals surface area (Å²) in [6, 6.07) is 6.48. The molecule has 2 aliphatic rings. The van der Waals surface area contributed by atoms with Gasteiger partial charge in [0.25, 0.3) is 0 Å². The van der Waals surface area contributed by atoms with E-state index in [9.17, 15) is 21.6 Å². The van der Waals surface area contributed by atoms with Crippen LogP contribution in [0.4, 0.5) is 13.2 Å². The first kappa shape index (κ1) is 23.2. The minimum Gasteiger partial charge on any atom is -0.297 e. The summed E-state index contributed by atoms with van der Waals surface area (Å²) in [5, 5.41) is 0. The second-order valence-electron chi connectivity index (χ2n) is 7.44. The van der Waals surface area contributed by atoms with Gasteiger partial charge < -0.3 is 0 Å². The van der Waals surface area contributed by atoms with Crippen molar-refractivity contribution < 1.29 is 21.6 Å². The fourth-order valence-corrected chi connectivity index (χ4v) is 5.31. The second kappa shape index (κ2) is 8.73. The fourth-order valence-electron chi connectivity index (χ4n) is 3.88. The van der Waals surface area contributed by atoms with Crippen LogP contribution < -0.4 is 0 Å². The van der Waals surface area contributed by atoms with Gasteiger partial charge in [-0.1, -0.05) is 24.3 Å². The average Bonchev–Trinajstić information content (AvgIpc) is 3.10.